The molecule has 1 aromatic rings. The second-order valence-corrected chi connectivity index (χ2v) is 10.9. The molecule has 3 amide bonds. The Morgan fingerprint density at radius 3 is 2.41 bits per heavy atom. The highest BCUT2D eigenvalue weighted by Gasteiger charge is 2.50. The molecule has 1 atom stereocenters. The molecule has 0 aromatic heterocycles. The topological polar surface area (TPSA) is 93.6 Å². The number of nitrogens with zero attached hydrogens (tertiary/aromatic N) is 2. The van der Waals surface area contributed by atoms with Gasteiger partial charge in [0.2, 0.25) is 5.91 Å². The van der Waals surface area contributed by atoms with Gasteiger partial charge in [0.15, 0.2) is 9.73 Å². The van der Waals surface area contributed by atoms with Gasteiger partial charge in [0.25, 0.3) is 0 Å². The molecule has 32 heavy (non-hydrogen) atoms. The minimum atomic E-state index is -5.28. The highest BCUT2D eigenvalue weighted by Crippen LogP contribution is 2.34. The molecule has 3 fully saturated rings. The first-order valence-electron chi connectivity index (χ1n) is 10.4. The summed E-state index contributed by atoms with van der Waals surface area (Å²) in [6.45, 7) is 1.93. The maximum Gasteiger partial charge on any atom is 0.483 e. The van der Waals surface area contributed by atoms with Crippen molar-refractivity contribution in [3.8, 4) is 0 Å². The SMILES string of the molecule is N=S(=O)(c1cc(F)cc(CC2CCN(C(=O)N3CC4(CCC(=O)N4)C3)CC2)c1)C(F)(F)F. The number of carbonyl (C=O) groups is 2. The van der Waals surface area contributed by atoms with E-state index in [-0.39, 0.29) is 35.4 Å². The van der Waals surface area contributed by atoms with Crippen LogP contribution in [0, 0.1) is 16.5 Å². The lowest BCUT2D eigenvalue weighted by atomic mass is 9.88. The third kappa shape index (κ3) is 4.28. The third-order valence-electron chi connectivity index (χ3n) is 6.49. The first kappa shape index (κ1) is 22.8. The monoisotopic (exact) mass is 476 g/mol. The fraction of sp³-hybridized carbons (Fsp3) is 0.600. The molecule has 176 valence electrons. The summed E-state index contributed by atoms with van der Waals surface area (Å²) < 4.78 is 71.7. The normalized spacial score (nSPS) is 23.1. The Hall–Kier alpha value is -2.37. The second-order valence-electron chi connectivity index (χ2n) is 8.90. The Bertz CT molecular complexity index is 1030. The molecule has 7 nitrogen and oxygen atoms in total. The van der Waals surface area contributed by atoms with Gasteiger partial charge in [-0.15, -0.1) is 0 Å². The van der Waals surface area contributed by atoms with Gasteiger partial charge in [0.1, 0.15) is 5.82 Å². The number of urea groups is 1. The van der Waals surface area contributed by atoms with Crippen LogP contribution in [0.1, 0.15) is 31.2 Å². The van der Waals surface area contributed by atoms with E-state index in [2.05, 4.69) is 5.32 Å². The molecule has 0 saturated carbocycles. The van der Waals surface area contributed by atoms with Crippen molar-refractivity contribution in [2.24, 2.45) is 5.92 Å². The number of likely N-dealkylation sites (tertiary alicyclic amines) is 2. The Morgan fingerprint density at radius 1 is 1.19 bits per heavy atom. The maximum atomic E-state index is 13.9. The van der Waals surface area contributed by atoms with Crippen LogP contribution >= 0.6 is 0 Å². The lowest BCUT2D eigenvalue weighted by Crippen LogP contribution is -2.70. The molecule has 1 spiro atoms. The van der Waals surface area contributed by atoms with Crippen LogP contribution in [0.2, 0.25) is 0 Å². The van der Waals surface area contributed by atoms with Gasteiger partial charge in [-0.1, -0.05) is 0 Å². The molecular weight excluding hydrogens is 452 g/mol. The minimum Gasteiger partial charge on any atom is -0.347 e. The van der Waals surface area contributed by atoms with Crippen molar-refractivity contribution in [1.29, 1.82) is 4.78 Å². The molecular formula is C20H24F4N4O3S. The lowest BCUT2D eigenvalue weighted by molar-refractivity contribution is -0.120. The molecule has 3 heterocycles. The number of rotatable bonds is 3. The summed E-state index contributed by atoms with van der Waals surface area (Å²) in [6, 6.07) is 2.50. The molecule has 1 aromatic carbocycles. The van der Waals surface area contributed by atoms with Gasteiger partial charge in [-0.25, -0.2) is 18.2 Å². The van der Waals surface area contributed by atoms with Gasteiger partial charge < -0.3 is 15.1 Å². The molecule has 3 aliphatic heterocycles. The number of piperidine rings is 1. The van der Waals surface area contributed by atoms with E-state index in [1.54, 1.807) is 9.80 Å². The summed E-state index contributed by atoms with van der Waals surface area (Å²) in [5.41, 5.74) is -5.30. The number of benzene rings is 1. The molecule has 4 rings (SSSR count). The Morgan fingerprint density at radius 2 is 1.84 bits per heavy atom. The number of alkyl halides is 3. The van der Waals surface area contributed by atoms with E-state index in [1.807, 2.05) is 0 Å². The molecule has 2 N–H and O–H groups in total. The van der Waals surface area contributed by atoms with Crippen molar-refractivity contribution in [3.05, 3.63) is 29.6 Å². The summed E-state index contributed by atoms with van der Waals surface area (Å²) in [4.78, 5) is 26.7. The number of carbonyl (C=O) groups excluding carboxylic acids is 2. The van der Waals surface area contributed by atoms with Crippen molar-refractivity contribution in [3.63, 3.8) is 0 Å². The zero-order valence-corrected chi connectivity index (χ0v) is 18.0. The Labute approximate surface area is 183 Å². The van der Waals surface area contributed by atoms with E-state index in [4.69, 9.17) is 4.78 Å². The predicted octanol–water partition coefficient (Wildman–Crippen LogP) is 3.09. The van der Waals surface area contributed by atoms with Crippen LogP contribution in [-0.2, 0) is 20.9 Å². The van der Waals surface area contributed by atoms with Crippen LogP contribution in [-0.4, -0.2) is 63.2 Å². The number of hydrogen-bond acceptors (Lipinski definition) is 4. The molecule has 0 radical (unpaired) electrons. The van der Waals surface area contributed by atoms with Crippen molar-refractivity contribution >= 4 is 21.7 Å². The van der Waals surface area contributed by atoms with Gasteiger partial charge in [-0.05, 0) is 55.4 Å². The van der Waals surface area contributed by atoms with Crippen LogP contribution < -0.4 is 5.32 Å². The van der Waals surface area contributed by atoms with Crippen LogP contribution in [0.3, 0.4) is 0 Å². The smallest absolute Gasteiger partial charge is 0.347 e. The zero-order chi connectivity index (χ0) is 23.3. The van der Waals surface area contributed by atoms with Crippen molar-refractivity contribution < 1.29 is 31.4 Å². The van der Waals surface area contributed by atoms with Gasteiger partial charge in [0.05, 0.1) is 10.4 Å². The molecule has 0 bridgehead atoms. The number of hydrogen-bond donors (Lipinski definition) is 2. The average Bonchev–Trinajstić information content (AvgIpc) is 3.08. The second kappa shape index (κ2) is 7.89. The first-order valence-corrected chi connectivity index (χ1v) is 11.9. The predicted molar refractivity (Wildman–Crippen MR) is 107 cm³/mol. The fourth-order valence-electron chi connectivity index (χ4n) is 4.73. The standard InChI is InChI=1S/C20H24F4N4O3S/c21-15-8-14(9-16(10-15)32(25,31)20(22,23)24)7-13-2-5-27(6-3-13)18(30)28-11-19(12-28)4-1-17(29)26-19/h8-10,13,25H,1-7,11-12H2,(H,26,29). The Kier molecular flexibility index (Phi) is 5.62. The zero-order valence-electron chi connectivity index (χ0n) is 17.2. The minimum absolute atomic E-state index is 0.00916. The third-order valence-corrected chi connectivity index (χ3v) is 8.04. The summed E-state index contributed by atoms with van der Waals surface area (Å²) in [7, 11) is -5.13. The molecule has 0 aliphatic carbocycles. The average molecular weight is 476 g/mol. The van der Waals surface area contributed by atoms with E-state index >= 15 is 0 Å². The highest BCUT2D eigenvalue weighted by atomic mass is 32.2. The Balaban J connectivity index is 1.33. The largest absolute Gasteiger partial charge is 0.483 e. The van der Waals surface area contributed by atoms with Crippen molar-refractivity contribution in [1.82, 2.24) is 15.1 Å². The number of amides is 3. The summed E-state index contributed by atoms with van der Waals surface area (Å²) in [6.07, 6.45) is 2.68. The lowest BCUT2D eigenvalue weighted by Gasteiger charge is -2.49. The van der Waals surface area contributed by atoms with Crippen molar-refractivity contribution in [2.45, 2.75) is 48.0 Å². The highest BCUT2D eigenvalue weighted by molar-refractivity contribution is 7.93. The van der Waals surface area contributed by atoms with Crippen LogP contribution in [0.25, 0.3) is 0 Å². The summed E-state index contributed by atoms with van der Waals surface area (Å²) in [5, 5.41) is 2.93. The van der Waals surface area contributed by atoms with E-state index in [0.29, 0.717) is 51.5 Å². The first-order chi connectivity index (χ1) is 14.9. The van der Waals surface area contributed by atoms with Gasteiger partial charge in [-0.2, -0.15) is 13.2 Å². The van der Waals surface area contributed by atoms with E-state index in [9.17, 15) is 31.4 Å². The van der Waals surface area contributed by atoms with Gasteiger partial charge >= 0.3 is 11.5 Å². The summed E-state index contributed by atoms with van der Waals surface area (Å²) in [5.74, 6) is -0.923. The maximum absolute atomic E-state index is 13.9. The molecule has 12 heteroatoms. The molecule has 3 saturated heterocycles. The van der Waals surface area contributed by atoms with E-state index in [1.165, 1.54) is 0 Å². The van der Waals surface area contributed by atoms with Gasteiger partial charge in [-0.3, -0.25) is 4.79 Å². The van der Waals surface area contributed by atoms with Gasteiger partial charge in [0, 0.05) is 32.6 Å². The van der Waals surface area contributed by atoms with Crippen LogP contribution in [0.15, 0.2) is 23.1 Å². The van der Waals surface area contributed by atoms with E-state index in [0.717, 1.165) is 18.6 Å². The summed E-state index contributed by atoms with van der Waals surface area (Å²) >= 11 is 0. The van der Waals surface area contributed by atoms with E-state index < -0.39 is 26.0 Å². The number of nitrogens with one attached hydrogen (secondary N) is 2. The molecule has 1 unspecified atom stereocenters. The quantitative estimate of drug-likeness (QED) is 0.657. The van der Waals surface area contributed by atoms with Crippen molar-refractivity contribution in [2.75, 3.05) is 26.2 Å². The fourth-order valence-corrected chi connectivity index (χ4v) is 5.59. The molecule has 3 aliphatic rings. The number of halogens is 4. The van der Waals surface area contributed by atoms with Crippen LogP contribution in [0.5, 0.6) is 0 Å². The van der Waals surface area contributed by atoms with Crippen LogP contribution in [0.4, 0.5) is 22.4 Å².